The fourth-order valence-corrected chi connectivity index (χ4v) is 2.70. The van der Waals surface area contributed by atoms with Crippen molar-refractivity contribution in [3.05, 3.63) is 18.0 Å². The van der Waals surface area contributed by atoms with Gasteiger partial charge >= 0.3 is 0 Å². The molecular formula is C15H27N5. The molecule has 0 bridgehead atoms. The van der Waals surface area contributed by atoms with Crippen LogP contribution in [-0.2, 0) is 6.54 Å². The molecule has 0 saturated carbocycles. The summed E-state index contributed by atoms with van der Waals surface area (Å²) in [6, 6.07) is 0. The molecule has 5 nitrogen and oxygen atoms in total. The minimum atomic E-state index is 0.441. The monoisotopic (exact) mass is 277 g/mol. The van der Waals surface area contributed by atoms with E-state index in [1.807, 2.05) is 17.9 Å². The maximum absolute atomic E-state index is 4.41. The third-order valence-corrected chi connectivity index (χ3v) is 4.31. The zero-order valence-corrected chi connectivity index (χ0v) is 13.2. The first-order chi connectivity index (χ1) is 9.56. The van der Waals surface area contributed by atoms with Crippen molar-refractivity contribution < 1.29 is 0 Å². The highest BCUT2D eigenvalue weighted by atomic mass is 15.3. The molecule has 1 saturated heterocycles. The molecule has 0 radical (unpaired) electrons. The van der Waals surface area contributed by atoms with Gasteiger partial charge in [-0.1, -0.05) is 13.8 Å². The lowest BCUT2D eigenvalue weighted by Crippen LogP contribution is -2.42. The Bertz CT molecular complexity index is 465. The van der Waals surface area contributed by atoms with Crippen LogP contribution in [0.15, 0.2) is 17.4 Å². The number of aromatic nitrogens is 2. The van der Waals surface area contributed by atoms with E-state index in [0.717, 1.165) is 32.1 Å². The van der Waals surface area contributed by atoms with Crippen LogP contribution in [0.4, 0.5) is 0 Å². The molecule has 2 rings (SSSR count). The van der Waals surface area contributed by atoms with Gasteiger partial charge in [0.1, 0.15) is 0 Å². The summed E-state index contributed by atoms with van der Waals surface area (Å²) in [4.78, 5) is 6.78. The number of likely N-dealkylation sites (tertiary alicyclic amines) is 1. The number of nitrogens with one attached hydrogen (secondary N) is 1. The van der Waals surface area contributed by atoms with E-state index in [0.29, 0.717) is 5.41 Å². The van der Waals surface area contributed by atoms with Crippen molar-refractivity contribution in [2.75, 3.05) is 26.7 Å². The molecule has 5 heteroatoms. The SMILES string of the molecule is CCC1(C)CCN(C(=NC)NCCn2cc(C)cn2)C1. The fraction of sp³-hybridized carbons (Fsp3) is 0.733. The summed E-state index contributed by atoms with van der Waals surface area (Å²) in [7, 11) is 1.86. The van der Waals surface area contributed by atoms with Crippen molar-refractivity contribution in [2.24, 2.45) is 10.4 Å². The standard InChI is InChI=1S/C15H27N5/c1-5-15(3)6-8-19(12-15)14(16-4)17-7-9-20-11-13(2)10-18-20/h10-11H,5-9,12H2,1-4H3,(H,16,17). The van der Waals surface area contributed by atoms with E-state index in [1.54, 1.807) is 0 Å². The van der Waals surface area contributed by atoms with Gasteiger partial charge in [-0.25, -0.2) is 0 Å². The number of aryl methyl sites for hydroxylation is 1. The number of hydrogen-bond donors (Lipinski definition) is 1. The summed E-state index contributed by atoms with van der Waals surface area (Å²) in [5.74, 6) is 1.02. The second-order valence-corrected chi connectivity index (χ2v) is 6.09. The Morgan fingerprint density at radius 3 is 2.90 bits per heavy atom. The third kappa shape index (κ3) is 3.52. The molecule has 112 valence electrons. The van der Waals surface area contributed by atoms with E-state index >= 15 is 0 Å². The van der Waals surface area contributed by atoms with Crippen molar-refractivity contribution >= 4 is 5.96 Å². The first kappa shape index (κ1) is 14.9. The Kier molecular flexibility index (Phi) is 4.68. The average molecular weight is 277 g/mol. The number of rotatable bonds is 4. The molecule has 1 fully saturated rings. The Balaban J connectivity index is 1.82. The maximum atomic E-state index is 4.41. The van der Waals surface area contributed by atoms with Gasteiger partial charge in [0.15, 0.2) is 5.96 Å². The number of nitrogens with zero attached hydrogens (tertiary/aromatic N) is 4. The molecule has 0 spiro atoms. The Labute approximate surface area is 122 Å². The molecule has 1 aromatic rings. The van der Waals surface area contributed by atoms with Crippen molar-refractivity contribution in [1.29, 1.82) is 0 Å². The zero-order chi connectivity index (χ0) is 14.6. The predicted octanol–water partition coefficient (Wildman–Crippen LogP) is 1.89. The van der Waals surface area contributed by atoms with Gasteiger partial charge < -0.3 is 10.2 Å². The summed E-state index contributed by atoms with van der Waals surface area (Å²) in [5.41, 5.74) is 1.64. The van der Waals surface area contributed by atoms with E-state index < -0.39 is 0 Å². The van der Waals surface area contributed by atoms with Crippen LogP contribution in [-0.4, -0.2) is 47.3 Å². The normalized spacial score (nSPS) is 23.4. The van der Waals surface area contributed by atoms with E-state index in [-0.39, 0.29) is 0 Å². The summed E-state index contributed by atoms with van der Waals surface area (Å²) in [6.07, 6.45) is 6.44. The van der Waals surface area contributed by atoms with Crippen LogP contribution in [0.2, 0.25) is 0 Å². The number of guanidine groups is 1. The molecule has 1 aliphatic heterocycles. The van der Waals surface area contributed by atoms with Gasteiger partial charge in [-0.05, 0) is 30.7 Å². The van der Waals surface area contributed by atoms with Crippen molar-refractivity contribution in [2.45, 2.75) is 40.2 Å². The van der Waals surface area contributed by atoms with Gasteiger partial charge in [-0.2, -0.15) is 5.10 Å². The van der Waals surface area contributed by atoms with E-state index in [1.165, 1.54) is 18.4 Å². The highest BCUT2D eigenvalue weighted by Gasteiger charge is 2.33. The predicted molar refractivity (Wildman–Crippen MR) is 82.9 cm³/mol. The molecular weight excluding hydrogens is 250 g/mol. The van der Waals surface area contributed by atoms with Gasteiger partial charge in [0.2, 0.25) is 0 Å². The van der Waals surface area contributed by atoms with Gasteiger partial charge in [-0.3, -0.25) is 9.67 Å². The quantitative estimate of drug-likeness (QED) is 0.675. The largest absolute Gasteiger partial charge is 0.354 e. The van der Waals surface area contributed by atoms with Gasteiger partial charge in [-0.15, -0.1) is 0 Å². The van der Waals surface area contributed by atoms with E-state index in [2.05, 4.69) is 47.3 Å². The Hall–Kier alpha value is -1.52. The minimum Gasteiger partial charge on any atom is -0.354 e. The maximum Gasteiger partial charge on any atom is 0.193 e. The second-order valence-electron chi connectivity index (χ2n) is 6.09. The van der Waals surface area contributed by atoms with Gasteiger partial charge in [0, 0.05) is 32.9 Å². The van der Waals surface area contributed by atoms with Crippen LogP contribution in [0.3, 0.4) is 0 Å². The van der Waals surface area contributed by atoms with Crippen LogP contribution in [0, 0.1) is 12.3 Å². The lowest BCUT2D eigenvalue weighted by molar-refractivity contribution is 0.322. The highest BCUT2D eigenvalue weighted by molar-refractivity contribution is 5.80. The average Bonchev–Trinajstić information content (AvgIpc) is 3.02. The molecule has 1 atom stereocenters. The number of hydrogen-bond acceptors (Lipinski definition) is 2. The van der Waals surface area contributed by atoms with E-state index in [4.69, 9.17) is 0 Å². The topological polar surface area (TPSA) is 45.5 Å². The van der Waals surface area contributed by atoms with Crippen molar-refractivity contribution in [3.63, 3.8) is 0 Å². The van der Waals surface area contributed by atoms with Gasteiger partial charge in [0.25, 0.3) is 0 Å². The van der Waals surface area contributed by atoms with Gasteiger partial charge in [0.05, 0.1) is 12.7 Å². The molecule has 1 aliphatic rings. The summed E-state index contributed by atoms with van der Waals surface area (Å²) < 4.78 is 1.97. The summed E-state index contributed by atoms with van der Waals surface area (Å²) in [6.45, 7) is 10.6. The summed E-state index contributed by atoms with van der Waals surface area (Å²) >= 11 is 0. The highest BCUT2D eigenvalue weighted by Crippen LogP contribution is 2.32. The molecule has 2 heterocycles. The smallest absolute Gasteiger partial charge is 0.193 e. The van der Waals surface area contributed by atoms with Crippen LogP contribution in [0.5, 0.6) is 0 Å². The minimum absolute atomic E-state index is 0.441. The number of aliphatic imine (C=N–C) groups is 1. The Morgan fingerprint density at radius 1 is 1.55 bits per heavy atom. The van der Waals surface area contributed by atoms with Crippen LogP contribution >= 0.6 is 0 Å². The molecule has 1 unspecified atom stereocenters. The fourth-order valence-electron chi connectivity index (χ4n) is 2.70. The first-order valence-electron chi connectivity index (χ1n) is 7.51. The van der Waals surface area contributed by atoms with Crippen LogP contribution in [0.1, 0.15) is 32.3 Å². The van der Waals surface area contributed by atoms with Crippen LogP contribution < -0.4 is 5.32 Å². The molecule has 0 aromatic carbocycles. The lowest BCUT2D eigenvalue weighted by Gasteiger charge is -2.25. The van der Waals surface area contributed by atoms with Crippen LogP contribution in [0.25, 0.3) is 0 Å². The van der Waals surface area contributed by atoms with E-state index in [9.17, 15) is 0 Å². The first-order valence-corrected chi connectivity index (χ1v) is 7.51. The second kappa shape index (κ2) is 6.29. The third-order valence-electron chi connectivity index (χ3n) is 4.31. The molecule has 20 heavy (non-hydrogen) atoms. The van der Waals surface area contributed by atoms with Crippen molar-refractivity contribution in [3.8, 4) is 0 Å². The lowest BCUT2D eigenvalue weighted by atomic mass is 9.87. The Morgan fingerprint density at radius 2 is 2.35 bits per heavy atom. The zero-order valence-electron chi connectivity index (χ0n) is 13.2. The molecule has 0 amide bonds. The molecule has 1 aromatic heterocycles. The molecule has 1 N–H and O–H groups in total. The molecule has 0 aliphatic carbocycles. The van der Waals surface area contributed by atoms with Crippen molar-refractivity contribution in [1.82, 2.24) is 20.0 Å². The summed E-state index contributed by atoms with van der Waals surface area (Å²) in [5, 5.41) is 7.74.